The van der Waals surface area contributed by atoms with Gasteiger partial charge >= 0.3 is 0 Å². The van der Waals surface area contributed by atoms with Crippen LogP contribution in [0.3, 0.4) is 0 Å². The number of hydrogen-bond donors (Lipinski definition) is 0. The van der Waals surface area contributed by atoms with Gasteiger partial charge in [0.25, 0.3) is 0 Å². The molecule has 18 heavy (non-hydrogen) atoms. The fourth-order valence-corrected chi connectivity index (χ4v) is 3.02. The maximum atomic E-state index is 12.8. The van der Waals surface area contributed by atoms with E-state index in [0.717, 1.165) is 28.9 Å². The summed E-state index contributed by atoms with van der Waals surface area (Å²) in [4.78, 5) is 4.49. The number of nitrogens with zero attached hydrogens (tertiary/aromatic N) is 1. The van der Waals surface area contributed by atoms with Crippen molar-refractivity contribution in [3.63, 3.8) is 0 Å². The van der Waals surface area contributed by atoms with E-state index in [2.05, 4.69) is 26.3 Å². The summed E-state index contributed by atoms with van der Waals surface area (Å²) in [5, 5.41) is 4.16. The Balaban J connectivity index is 1.99. The molecule has 0 saturated heterocycles. The summed E-state index contributed by atoms with van der Waals surface area (Å²) < 4.78 is 12.8. The maximum absolute atomic E-state index is 12.8. The van der Waals surface area contributed by atoms with Crippen LogP contribution in [0.15, 0.2) is 29.6 Å². The Labute approximate surface area is 119 Å². The monoisotopic (exact) mass is 327 g/mol. The normalized spacial score (nSPS) is 12.6. The number of benzene rings is 1. The summed E-state index contributed by atoms with van der Waals surface area (Å²) in [6.07, 6.45) is 1.91. The van der Waals surface area contributed by atoms with Crippen molar-refractivity contribution in [3.05, 3.63) is 51.7 Å². The molecule has 2 rings (SSSR count). The summed E-state index contributed by atoms with van der Waals surface area (Å²) in [6, 6.07) is 6.76. The Hall–Kier alpha value is -0.740. The van der Waals surface area contributed by atoms with Gasteiger partial charge in [-0.2, -0.15) is 0 Å². The van der Waals surface area contributed by atoms with Crippen molar-refractivity contribution in [2.45, 2.75) is 19.8 Å². The maximum Gasteiger partial charge on any atom is 0.123 e. The highest BCUT2D eigenvalue weighted by Gasteiger charge is 2.11. The molecule has 0 spiro atoms. The molecule has 0 amide bonds. The van der Waals surface area contributed by atoms with Crippen molar-refractivity contribution in [1.82, 2.24) is 4.98 Å². The highest BCUT2D eigenvalue weighted by Crippen LogP contribution is 2.18. The highest BCUT2D eigenvalue weighted by molar-refractivity contribution is 9.09. The molecule has 1 atom stereocenters. The van der Waals surface area contributed by atoms with E-state index in [4.69, 9.17) is 0 Å². The lowest BCUT2D eigenvalue weighted by Gasteiger charge is -2.12. The number of halogens is 2. The Morgan fingerprint density at radius 2 is 2.00 bits per heavy atom. The van der Waals surface area contributed by atoms with Crippen molar-refractivity contribution in [1.29, 1.82) is 0 Å². The number of alkyl halides is 1. The first-order valence-electron chi connectivity index (χ1n) is 5.89. The van der Waals surface area contributed by atoms with E-state index in [1.165, 1.54) is 17.7 Å². The lowest BCUT2D eigenvalue weighted by Crippen LogP contribution is -2.10. The van der Waals surface area contributed by atoms with Gasteiger partial charge < -0.3 is 0 Å². The van der Waals surface area contributed by atoms with E-state index in [1.54, 1.807) is 11.3 Å². The quantitative estimate of drug-likeness (QED) is 0.742. The van der Waals surface area contributed by atoms with Gasteiger partial charge in [0, 0.05) is 10.7 Å². The standard InChI is InChI=1S/C14H15BrFNS/c1-10-17-14(9-18-10)7-12(8-15)6-11-2-4-13(16)5-3-11/h2-5,9,12H,6-8H2,1H3. The predicted octanol–water partition coefficient (Wildman–Crippen LogP) is 4.39. The van der Waals surface area contributed by atoms with Crippen molar-refractivity contribution in [3.8, 4) is 0 Å². The third-order valence-corrected chi connectivity index (χ3v) is 4.56. The second-order valence-corrected chi connectivity index (χ2v) is 6.12. The van der Waals surface area contributed by atoms with Crippen LogP contribution < -0.4 is 0 Å². The van der Waals surface area contributed by atoms with Gasteiger partial charge in [0.05, 0.1) is 10.7 Å². The number of thiazole rings is 1. The number of rotatable bonds is 5. The molecule has 0 radical (unpaired) electrons. The predicted molar refractivity (Wildman–Crippen MR) is 77.9 cm³/mol. The van der Waals surface area contributed by atoms with E-state index in [-0.39, 0.29) is 5.82 Å². The SMILES string of the molecule is Cc1nc(CC(CBr)Cc2ccc(F)cc2)cs1. The summed E-state index contributed by atoms with van der Waals surface area (Å²) in [5.41, 5.74) is 2.33. The molecule has 0 aliphatic carbocycles. The summed E-state index contributed by atoms with van der Waals surface area (Å²) in [5.74, 6) is 0.321. The van der Waals surface area contributed by atoms with Gasteiger partial charge in [-0.05, 0) is 43.4 Å². The molecule has 0 bridgehead atoms. The van der Waals surface area contributed by atoms with Gasteiger partial charge in [-0.25, -0.2) is 9.37 Å². The molecule has 0 saturated carbocycles. The zero-order chi connectivity index (χ0) is 13.0. The molecular weight excluding hydrogens is 313 g/mol. The molecule has 1 nitrogen and oxygen atoms in total. The van der Waals surface area contributed by atoms with E-state index in [0.29, 0.717) is 5.92 Å². The lowest BCUT2D eigenvalue weighted by molar-refractivity contribution is 0.581. The van der Waals surface area contributed by atoms with Gasteiger partial charge in [-0.3, -0.25) is 0 Å². The molecule has 0 aliphatic rings. The van der Waals surface area contributed by atoms with Crippen molar-refractivity contribution in [2.24, 2.45) is 5.92 Å². The zero-order valence-corrected chi connectivity index (χ0v) is 12.6. The largest absolute Gasteiger partial charge is 0.247 e. The number of hydrogen-bond acceptors (Lipinski definition) is 2. The lowest BCUT2D eigenvalue weighted by atomic mass is 9.97. The van der Waals surface area contributed by atoms with Gasteiger partial charge in [0.15, 0.2) is 0 Å². The molecule has 0 aliphatic heterocycles. The summed E-state index contributed by atoms with van der Waals surface area (Å²) in [7, 11) is 0. The Bertz CT molecular complexity index is 495. The summed E-state index contributed by atoms with van der Waals surface area (Å²) in [6.45, 7) is 2.03. The van der Waals surface area contributed by atoms with Gasteiger partial charge in [0.1, 0.15) is 5.82 Å². The molecule has 96 valence electrons. The third-order valence-electron chi connectivity index (χ3n) is 2.82. The molecule has 0 fully saturated rings. The first kappa shape index (κ1) is 13.7. The van der Waals surface area contributed by atoms with Crippen LogP contribution in [0.2, 0.25) is 0 Å². The molecule has 1 aromatic carbocycles. The Morgan fingerprint density at radius 1 is 1.28 bits per heavy atom. The highest BCUT2D eigenvalue weighted by atomic mass is 79.9. The zero-order valence-electron chi connectivity index (χ0n) is 10.2. The Morgan fingerprint density at radius 3 is 2.56 bits per heavy atom. The summed E-state index contributed by atoms with van der Waals surface area (Å²) >= 11 is 5.24. The van der Waals surface area contributed by atoms with Crippen molar-refractivity contribution in [2.75, 3.05) is 5.33 Å². The van der Waals surface area contributed by atoms with Crippen molar-refractivity contribution < 1.29 is 4.39 Å². The van der Waals surface area contributed by atoms with Crippen LogP contribution in [0.4, 0.5) is 4.39 Å². The van der Waals surface area contributed by atoms with Crippen LogP contribution >= 0.6 is 27.3 Å². The molecule has 0 N–H and O–H groups in total. The fourth-order valence-electron chi connectivity index (χ4n) is 1.93. The average molecular weight is 328 g/mol. The van der Waals surface area contributed by atoms with Crippen LogP contribution in [0.5, 0.6) is 0 Å². The molecule has 4 heteroatoms. The minimum Gasteiger partial charge on any atom is -0.247 e. The van der Waals surface area contributed by atoms with Gasteiger partial charge in [0.2, 0.25) is 0 Å². The average Bonchev–Trinajstić information content (AvgIpc) is 2.77. The van der Waals surface area contributed by atoms with Gasteiger partial charge in [-0.1, -0.05) is 28.1 Å². The second-order valence-electron chi connectivity index (χ2n) is 4.41. The van der Waals surface area contributed by atoms with Crippen LogP contribution in [0.25, 0.3) is 0 Å². The molecule has 2 aromatic rings. The molecule has 1 unspecified atom stereocenters. The molecular formula is C14H15BrFNS. The van der Waals surface area contributed by atoms with E-state index in [1.807, 2.05) is 19.1 Å². The number of aromatic nitrogens is 1. The molecule has 1 aromatic heterocycles. The minimum absolute atomic E-state index is 0.177. The second kappa shape index (κ2) is 6.43. The smallest absolute Gasteiger partial charge is 0.123 e. The Kier molecular flexibility index (Phi) is 4.89. The fraction of sp³-hybridized carbons (Fsp3) is 0.357. The van der Waals surface area contributed by atoms with Crippen molar-refractivity contribution >= 4 is 27.3 Å². The van der Waals surface area contributed by atoms with Crippen LogP contribution in [0, 0.1) is 18.7 Å². The van der Waals surface area contributed by atoms with E-state index in [9.17, 15) is 4.39 Å². The van der Waals surface area contributed by atoms with Gasteiger partial charge in [-0.15, -0.1) is 11.3 Å². The minimum atomic E-state index is -0.177. The van der Waals surface area contributed by atoms with Crippen LogP contribution in [-0.4, -0.2) is 10.3 Å². The van der Waals surface area contributed by atoms with Crippen LogP contribution in [0.1, 0.15) is 16.3 Å². The first-order chi connectivity index (χ1) is 8.67. The number of aryl methyl sites for hydroxylation is 1. The van der Waals surface area contributed by atoms with E-state index >= 15 is 0 Å². The van der Waals surface area contributed by atoms with E-state index < -0.39 is 0 Å². The topological polar surface area (TPSA) is 12.9 Å². The molecule has 1 heterocycles. The third kappa shape index (κ3) is 3.89. The van der Waals surface area contributed by atoms with Crippen LogP contribution in [-0.2, 0) is 12.8 Å². The first-order valence-corrected chi connectivity index (χ1v) is 7.89.